The quantitative estimate of drug-likeness (QED) is 0.255. The summed E-state index contributed by atoms with van der Waals surface area (Å²) in [6.07, 6.45) is -4.10. The van der Waals surface area contributed by atoms with E-state index in [9.17, 15) is 45.0 Å². The van der Waals surface area contributed by atoms with Crippen LogP contribution in [-0.2, 0) is 17.6 Å². The number of aromatic hydroxyl groups is 4. The van der Waals surface area contributed by atoms with Gasteiger partial charge in [-0.25, -0.2) is 0 Å². The molecular formula is C29H22O11. The molecule has 2 aliphatic heterocycles. The van der Waals surface area contributed by atoms with Crippen molar-refractivity contribution < 1.29 is 49.7 Å². The fourth-order valence-electron chi connectivity index (χ4n) is 5.43. The number of aliphatic hydroxyl groups excluding tert-OH is 2. The van der Waals surface area contributed by atoms with Crippen molar-refractivity contribution in [1.29, 1.82) is 0 Å². The predicted molar refractivity (Wildman–Crippen MR) is 137 cm³/mol. The number of carbonyl (C=O) groups excluding carboxylic acids is 2. The topological polar surface area (TPSA) is 191 Å². The summed E-state index contributed by atoms with van der Waals surface area (Å²) in [5.74, 6) is -3.02. The van der Waals surface area contributed by atoms with E-state index < -0.39 is 47.0 Å². The van der Waals surface area contributed by atoms with Crippen LogP contribution in [0, 0.1) is 0 Å². The van der Waals surface area contributed by atoms with E-state index in [4.69, 9.17) is 9.47 Å². The first-order chi connectivity index (χ1) is 19.0. The fourth-order valence-corrected chi connectivity index (χ4v) is 5.43. The van der Waals surface area contributed by atoms with Crippen LogP contribution in [0.25, 0.3) is 5.57 Å². The third-order valence-corrected chi connectivity index (χ3v) is 7.31. The highest BCUT2D eigenvalue weighted by Gasteiger charge is 2.40. The van der Waals surface area contributed by atoms with Gasteiger partial charge in [-0.15, -0.1) is 0 Å². The monoisotopic (exact) mass is 546 g/mol. The van der Waals surface area contributed by atoms with Gasteiger partial charge in [-0.1, -0.05) is 6.07 Å². The Morgan fingerprint density at radius 1 is 0.700 bits per heavy atom. The van der Waals surface area contributed by atoms with Gasteiger partial charge in [0.1, 0.15) is 40.6 Å². The van der Waals surface area contributed by atoms with E-state index in [1.807, 2.05) is 0 Å². The lowest BCUT2D eigenvalue weighted by Gasteiger charge is -2.34. The molecule has 4 atom stereocenters. The van der Waals surface area contributed by atoms with Crippen LogP contribution in [0.1, 0.15) is 38.7 Å². The summed E-state index contributed by atoms with van der Waals surface area (Å²) < 4.78 is 11.8. The van der Waals surface area contributed by atoms with Gasteiger partial charge in [0.05, 0.1) is 17.8 Å². The number of phenols is 4. The number of benzene rings is 2. The second-order valence-electron chi connectivity index (χ2n) is 9.93. The van der Waals surface area contributed by atoms with Crippen LogP contribution in [0.3, 0.4) is 0 Å². The molecule has 0 unspecified atom stereocenters. The van der Waals surface area contributed by atoms with E-state index in [0.29, 0.717) is 0 Å². The molecule has 3 aromatic carbocycles. The normalized spacial score (nSPS) is 23.2. The zero-order chi connectivity index (χ0) is 28.5. The van der Waals surface area contributed by atoms with Gasteiger partial charge in [-0.3, -0.25) is 14.4 Å². The molecule has 0 spiro atoms. The highest BCUT2D eigenvalue weighted by Crippen LogP contribution is 2.44. The van der Waals surface area contributed by atoms with Crippen molar-refractivity contribution in [2.45, 2.75) is 37.3 Å². The predicted octanol–water partition coefficient (Wildman–Crippen LogP) is 1.42. The summed E-state index contributed by atoms with van der Waals surface area (Å²) in [4.78, 5) is 38.6. The van der Waals surface area contributed by atoms with Crippen molar-refractivity contribution in [3.63, 3.8) is 0 Å². The minimum Gasteiger partial charge on any atom is -0.508 e. The number of Topliss-reactive ketones (excluding diaryl/α,β-unsaturated/α-hetero) is 1. The third-order valence-electron chi connectivity index (χ3n) is 7.31. The summed E-state index contributed by atoms with van der Waals surface area (Å²) in [5.41, 5.74) is -0.509. The maximum atomic E-state index is 13.1. The number of fused-ring (bicyclic) bond motifs is 3. The molecule has 0 amide bonds. The van der Waals surface area contributed by atoms with Crippen molar-refractivity contribution in [1.82, 2.24) is 0 Å². The summed E-state index contributed by atoms with van der Waals surface area (Å²) in [5, 5.41) is 62.0. The molecule has 0 bridgehead atoms. The smallest absolute Gasteiger partial charge is 0.237 e. The lowest BCUT2D eigenvalue weighted by Crippen LogP contribution is -2.40. The summed E-state index contributed by atoms with van der Waals surface area (Å²) in [6.45, 7) is 0. The molecule has 2 heterocycles. The van der Waals surface area contributed by atoms with Crippen LogP contribution in [-0.4, -0.2) is 60.5 Å². The zero-order valence-corrected chi connectivity index (χ0v) is 20.6. The Morgan fingerprint density at radius 3 is 1.85 bits per heavy atom. The standard InChI is InChI=1S/C29H22O11/c30-12-4-19(33)16-9-22(36)28(39-24(16)6-12)11-1-2-18(32)26-14(3-11)15(8-21(35)27(26)38)29-23(37)10-17-20(34)5-13(31)7-25(17)40-29/h1-8,22-23,28-31,33-34,36-37H,9-10H2/t22-,23-,28-,29-/m1/s1. The van der Waals surface area contributed by atoms with Crippen LogP contribution in [0.5, 0.6) is 34.5 Å². The second kappa shape index (κ2) is 9.11. The van der Waals surface area contributed by atoms with Gasteiger partial charge in [-0.05, 0) is 29.3 Å². The van der Waals surface area contributed by atoms with Crippen LogP contribution >= 0.6 is 0 Å². The number of carbonyl (C=O) groups is 2. The van der Waals surface area contributed by atoms with E-state index in [0.717, 1.165) is 24.3 Å². The summed E-state index contributed by atoms with van der Waals surface area (Å²) in [7, 11) is 0. The average Bonchev–Trinajstić information content (AvgIpc) is 3.06. The SMILES string of the molecule is O=C1C=C([C@H]2Oc3cc(O)cc(O)c3C[C@H]2O)c2cc([C@H]3Oc4cc(O)cc(O)c4C[C@H]3O)ccc(=O)c2C1=O. The van der Waals surface area contributed by atoms with Crippen molar-refractivity contribution >= 4 is 17.1 Å². The van der Waals surface area contributed by atoms with Gasteiger partial charge in [0.25, 0.3) is 0 Å². The molecule has 3 aromatic rings. The minimum atomic E-state index is -1.32. The number of ketones is 2. The van der Waals surface area contributed by atoms with Gasteiger partial charge in [0.2, 0.25) is 11.6 Å². The van der Waals surface area contributed by atoms with Gasteiger partial charge in [-0.2, -0.15) is 0 Å². The maximum Gasteiger partial charge on any atom is 0.237 e. The molecule has 6 rings (SSSR count). The fraction of sp³-hybridized carbons (Fsp3) is 0.207. The molecule has 0 saturated carbocycles. The Morgan fingerprint density at radius 2 is 1.25 bits per heavy atom. The molecule has 1 aliphatic carbocycles. The van der Waals surface area contributed by atoms with Gasteiger partial charge >= 0.3 is 0 Å². The van der Waals surface area contributed by atoms with E-state index in [1.54, 1.807) is 0 Å². The lowest BCUT2D eigenvalue weighted by molar-refractivity contribution is -0.111. The number of rotatable bonds is 2. The highest BCUT2D eigenvalue weighted by atomic mass is 16.5. The molecule has 0 fully saturated rings. The molecule has 6 N–H and O–H groups in total. The van der Waals surface area contributed by atoms with E-state index >= 15 is 0 Å². The molecule has 0 aromatic heterocycles. The molecule has 40 heavy (non-hydrogen) atoms. The van der Waals surface area contributed by atoms with Crippen molar-refractivity contribution in [2.75, 3.05) is 0 Å². The Bertz CT molecular complexity index is 1710. The van der Waals surface area contributed by atoms with Crippen LogP contribution < -0.4 is 14.9 Å². The molecular weight excluding hydrogens is 524 g/mol. The van der Waals surface area contributed by atoms with Crippen molar-refractivity contribution in [3.05, 3.63) is 86.6 Å². The number of allylic oxidation sites excluding steroid dienone is 1. The van der Waals surface area contributed by atoms with Gasteiger partial charge < -0.3 is 40.1 Å². The maximum absolute atomic E-state index is 13.1. The minimum absolute atomic E-state index is 0.0103. The lowest BCUT2D eigenvalue weighted by atomic mass is 9.83. The molecule has 11 nitrogen and oxygen atoms in total. The van der Waals surface area contributed by atoms with E-state index in [1.165, 1.54) is 24.3 Å². The van der Waals surface area contributed by atoms with E-state index in [-0.39, 0.29) is 75.2 Å². The number of phenolic OH excluding ortho intramolecular Hbond substituents is 4. The molecule has 204 valence electrons. The second-order valence-corrected chi connectivity index (χ2v) is 9.93. The number of aliphatic hydroxyl groups is 2. The van der Waals surface area contributed by atoms with Gasteiger partial charge in [0, 0.05) is 53.8 Å². The Labute approximate surface area is 225 Å². The molecule has 0 saturated heterocycles. The van der Waals surface area contributed by atoms with Crippen LogP contribution in [0.15, 0.2) is 53.3 Å². The third kappa shape index (κ3) is 4.03. The average molecular weight is 546 g/mol. The Kier molecular flexibility index (Phi) is 5.79. The number of hydrogen-bond acceptors (Lipinski definition) is 11. The first-order valence-corrected chi connectivity index (χ1v) is 12.3. The summed E-state index contributed by atoms with van der Waals surface area (Å²) >= 11 is 0. The summed E-state index contributed by atoms with van der Waals surface area (Å²) in [6, 6.07) is 8.50. The molecule has 11 heteroatoms. The first kappa shape index (κ1) is 25.4. The first-order valence-electron chi connectivity index (χ1n) is 12.3. The van der Waals surface area contributed by atoms with Crippen LogP contribution in [0.2, 0.25) is 0 Å². The molecule has 0 radical (unpaired) electrons. The van der Waals surface area contributed by atoms with E-state index in [2.05, 4.69) is 0 Å². The van der Waals surface area contributed by atoms with Gasteiger partial charge in [0.15, 0.2) is 11.5 Å². The van der Waals surface area contributed by atoms with Crippen LogP contribution in [0.4, 0.5) is 0 Å². The largest absolute Gasteiger partial charge is 0.508 e. The van der Waals surface area contributed by atoms with Crippen molar-refractivity contribution in [3.8, 4) is 34.5 Å². The highest BCUT2D eigenvalue weighted by molar-refractivity contribution is 6.50. The zero-order valence-electron chi connectivity index (χ0n) is 20.6. The molecule has 3 aliphatic rings. The Balaban J connectivity index is 1.48. The number of hydrogen-bond donors (Lipinski definition) is 6. The Hall–Kier alpha value is -4.87. The van der Waals surface area contributed by atoms with Crippen molar-refractivity contribution in [2.24, 2.45) is 0 Å². The number of ether oxygens (including phenoxy) is 2.